The number of rotatable bonds is 8. The molecule has 5 aromatic rings. The van der Waals surface area contributed by atoms with Crippen LogP contribution in [0.1, 0.15) is 98.4 Å². The van der Waals surface area contributed by atoms with E-state index in [1.807, 2.05) is 61.6 Å². The third-order valence-electron chi connectivity index (χ3n) is 9.96. The summed E-state index contributed by atoms with van der Waals surface area (Å²) in [6.07, 6.45) is 13.2. The Morgan fingerprint density at radius 3 is 1.51 bits per heavy atom. The van der Waals surface area contributed by atoms with Crippen LogP contribution >= 0.6 is 0 Å². The van der Waals surface area contributed by atoms with Crippen molar-refractivity contribution in [2.75, 3.05) is 0 Å². The van der Waals surface area contributed by atoms with Crippen LogP contribution in [0.2, 0.25) is 0 Å². The van der Waals surface area contributed by atoms with E-state index in [2.05, 4.69) is 59.8 Å². The summed E-state index contributed by atoms with van der Waals surface area (Å²) in [4.78, 5) is 47.9. The van der Waals surface area contributed by atoms with Crippen LogP contribution in [-0.2, 0) is 53.3 Å². The molecule has 8 bridgehead atoms. The molecule has 291 valence electrons. The molecular formula is C42H50CoN8O4. The van der Waals surface area contributed by atoms with Gasteiger partial charge < -0.3 is 29.3 Å². The maximum Gasteiger partial charge on any atom is 0.303 e. The number of aromatic amines is 2. The number of imidazole rings is 2. The Morgan fingerprint density at radius 2 is 1.05 bits per heavy atom. The smallest absolute Gasteiger partial charge is 0.303 e. The van der Waals surface area contributed by atoms with Crippen LogP contribution in [0.3, 0.4) is 0 Å². The predicted octanol–water partition coefficient (Wildman–Crippen LogP) is 8.49. The monoisotopic (exact) mass is 789 g/mol. The number of fused-ring (bicyclic) bond motifs is 8. The molecule has 0 unspecified atom stereocenters. The number of nitrogens with one attached hydrogen (secondary N) is 2. The Hall–Kier alpha value is -5.53. The van der Waals surface area contributed by atoms with Crippen molar-refractivity contribution in [3.63, 3.8) is 0 Å². The zero-order valence-electron chi connectivity index (χ0n) is 32.7. The molecule has 2 aliphatic rings. The van der Waals surface area contributed by atoms with E-state index in [0.717, 1.165) is 85.4 Å². The van der Waals surface area contributed by atoms with Crippen molar-refractivity contribution in [1.29, 1.82) is 0 Å². The van der Waals surface area contributed by atoms with E-state index in [4.69, 9.17) is 9.97 Å². The number of aryl methyl sites for hydroxylation is 6. The molecule has 13 heteroatoms. The maximum atomic E-state index is 11.5. The molecule has 7 rings (SSSR count). The van der Waals surface area contributed by atoms with Crippen LogP contribution in [0.5, 0.6) is 0 Å². The molecule has 0 aromatic carbocycles. The van der Waals surface area contributed by atoms with Gasteiger partial charge in [-0.05, 0) is 122 Å². The van der Waals surface area contributed by atoms with E-state index in [1.54, 1.807) is 25.0 Å². The molecule has 0 amide bonds. The first-order valence-electron chi connectivity index (χ1n) is 18.2. The number of hydrogen-bond donors (Lipinski definition) is 4. The number of carbonyl (C=O) groups is 2. The van der Waals surface area contributed by atoms with E-state index in [1.165, 1.54) is 11.1 Å². The molecule has 55 heavy (non-hydrogen) atoms. The SMILES string of the molecule is CCC1=C(C)c2cc3[nH]c(cc4nc(cc5[nH]c(cc1n2)c(C)c5CCC(=O)O)C(CCC(=O)O)=C4C)c(C)c3CC.Cn1ccnc1.Cn1ccnc1.[Co]. The fraction of sp³-hybridized carbons (Fsp3) is 0.333. The molecule has 0 spiro atoms. The molecule has 0 aliphatic carbocycles. The van der Waals surface area contributed by atoms with Gasteiger partial charge in [0.1, 0.15) is 0 Å². The van der Waals surface area contributed by atoms with Gasteiger partial charge in [0, 0.05) is 90.6 Å². The first-order chi connectivity index (χ1) is 25.8. The number of allylic oxidation sites excluding steroid dienone is 4. The number of carboxylic acid groups (broad SMARTS) is 2. The van der Waals surface area contributed by atoms with Crippen LogP contribution in [0, 0.1) is 13.8 Å². The summed E-state index contributed by atoms with van der Waals surface area (Å²) in [6.45, 7) is 12.5. The van der Waals surface area contributed by atoms with Gasteiger partial charge in [-0.3, -0.25) is 9.59 Å². The molecule has 0 saturated heterocycles. The standard InChI is InChI=1S/C34H38N4O4.2C4H6N2.Co/c1-7-21-17(3)25-13-26-19(5)23(9-11-33(39)40)31(37-26)16-32-24(10-12-34(41)42)20(6)28(38-32)15-30-22(8-2)18(4)27(36-30)14-29(21)35-25;2*1-6-3-2-5-4-6;/h13-16,35,38H,7-12H2,1-6H3,(H,39,40)(H,41,42);2*2-4H,1H3;. The number of aliphatic carboxylic acids is 2. The van der Waals surface area contributed by atoms with Gasteiger partial charge in [-0.15, -0.1) is 0 Å². The average Bonchev–Trinajstić information content (AvgIpc) is 3.98. The van der Waals surface area contributed by atoms with Gasteiger partial charge in [0.05, 0.1) is 35.4 Å². The molecular weight excluding hydrogens is 739 g/mol. The molecule has 5 aromatic heterocycles. The first kappa shape index (κ1) is 42.2. The molecule has 0 atom stereocenters. The van der Waals surface area contributed by atoms with Gasteiger partial charge in [0.2, 0.25) is 0 Å². The van der Waals surface area contributed by atoms with Gasteiger partial charge in [0.15, 0.2) is 0 Å². The molecule has 2 aliphatic heterocycles. The predicted molar refractivity (Wildman–Crippen MR) is 214 cm³/mol. The molecule has 1 radical (unpaired) electrons. The Labute approximate surface area is 331 Å². The Balaban J connectivity index is 0.000000439. The van der Waals surface area contributed by atoms with Crippen molar-refractivity contribution in [3.8, 4) is 0 Å². The second kappa shape index (κ2) is 18.7. The molecule has 4 N–H and O–H groups in total. The van der Waals surface area contributed by atoms with Crippen molar-refractivity contribution in [2.24, 2.45) is 14.1 Å². The fourth-order valence-electron chi connectivity index (χ4n) is 6.87. The summed E-state index contributed by atoms with van der Waals surface area (Å²) >= 11 is 0. The zero-order valence-corrected chi connectivity index (χ0v) is 33.8. The van der Waals surface area contributed by atoms with Gasteiger partial charge in [-0.25, -0.2) is 19.9 Å². The second-order valence-corrected chi connectivity index (χ2v) is 13.6. The third kappa shape index (κ3) is 9.97. The number of nitrogens with zero attached hydrogens (tertiary/aromatic N) is 6. The number of H-pyrrole nitrogens is 2. The summed E-state index contributed by atoms with van der Waals surface area (Å²) in [7, 11) is 3.88. The minimum atomic E-state index is -0.864. The quantitative estimate of drug-likeness (QED) is 0.121. The van der Waals surface area contributed by atoms with Gasteiger partial charge in [-0.2, -0.15) is 0 Å². The minimum absolute atomic E-state index is 0. The number of hydrogen-bond acceptors (Lipinski definition) is 6. The van der Waals surface area contributed by atoms with E-state index in [-0.39, 0.29) is 29.6 Å². The molecule has 12 nitrogen and oxygen atoms in total. The average molecular weight is 790 g/mol. The molecule has 0 saturated carbocycles. The van der Waals surface area contributed by atoms with E-state index in [0.29, 0.717) is 18.5 Å². The zero-order chi connectivity index (χ0) is 39.1. The van der Waals surface area contributed by atoms with Crippen LogP contribution in [0.4, 0.5) is 0 Å². The summed E-state index contributed by atoms with van der Waals surface area (Å²) < 4.78 is 3.78. The molecule has 7 heterocycles. The Kier molecular flexibility index (Phi) is 14.3. The van der Waals surface area contributed by atoms with Gasteiger partial charge in [-0.1, -0.05) is 13.8 Å². The summed E-state index contributed by atoms with van der Waals surface area (Å²) in [5.74, 6) is -1.72. The normalized spacial score (nSPS) is 12.1. The fourth-order valence-corrected chi connectivity index (χ4v) is 6.87. The maximum absolute atomic E-state index is 11.5. The number of aromatic nitrogens is 8. The van der Waals surface area contributed by atoms with Crippen LogP contribution < -0.4 is 0 Å². The third-order valence-corrected chi connectivity index (χ3v) is 9.96. The summed E-state index contributed by atoms with van der Waals surface area (Å²) in [6, 6.07) is 8.19. The van der Waals surface area contributed by atoms with E-state index < -0.39 is 11.9 Å². The van der Waals surface area contributed by atoms with Crippen molar-refractivity contribution >= 4 is 56.3 Å². The number of carboxylic acids is 2. The van der Waals surface area contributed by atoms with Crippen molar-refractivity contribution < 1.29 is 36.6 Å². The van der Waals surface area contributed by atoms with Crippen LogP contribution in [0.25, 0.3) is 44.4 Å². The minimum Gasteiger partial charge on any atom is -0.481 e. The molecule has 0 fully saturated rings. The Bertz CT molecular complexity index is 2350. The summed E-state index contributed by atoms with van der Waals surface area (Å²) in [5, 5.41) is 18.9. The second-order valence-electron chi connectivity index (χ2n) is 13.6. The van der Waals surface area contributed by atoms with E-state index in [9.17, 15) is 19.8 Å². The van der Waals surface area contributed by atoms with Crippen LogP contribution in [0.15, 0.2) is 61.7 Å². The van der Waals surface area contributed by atoms with Crippen molar-refractivity contribution in [2.45, 2.75) is 80.1 Å². The van der Waals surface area contributed by atoms with Gasteiger partial charge in [0.25, 0.3) is 0 Å². The van der Waals surface area contributed by atoms with Crippen molar-refractivity contribution in [1.82, 2.24) is 39.0 Å². The summed E-state index contributed by atoms with van der Waals surface area (Å²) in [5.41, 5.74) is 15.4. The van der Waals surface area contributed by atoms with E-state index >= 15 is 0 Å². The Morgan fingerprint density at radius 1 is 0.618 bits per heavy atom. The topological polar surface area (TPSA) is 168 Å². The first-order valence-corrected chi connectivity index (χ1v) is 18.2. The van der Waals surface area contributed by atoms with Crippen molar-refractivity contribution in [3.05, 3.63) is 107 Å². The largest absolute Gasteiger partial charge is 0.481 e. The van der Waals surface area contributed by atoms with Gasteiger partial charge >= 0.3 is 11.9 Å². The van der Waals surface area contributed by atoms with Crippen LogP contribution in [-0.4, -0.2) is 61.2 Å².